The number of carbonyl (C=O) groups excluding carboxylic acids is 1. The SMILES string of the molecule is O=C(n1nc(C(F)(F)C(F)(F)C(F)(F)C(F)(F)C(F)(F)C(F)(F)F)cc1C(F)(F)C(F)(F)C(F)(F)C(F)(F)C(F)(F)C(F)(F)F)C(F)(F)C(F)(F)C(F)(F)C(F)(F)F. The summed E-state index contributed by atoms with van der Waals surface area (Å²) >= 11 is 0. The fourth-order valence-corrected chi connectivity index (χ4v) is 3.42. The molecule has 0 fully saturated rings. The molecule has 0 saturated heterocycles. The Labute approximate surface area is 288 Å². The van der Waals surface area contributed by atoms with Crippen LogP contribution >= 0.6 is 0 Å². The Bertz CT molecular complexity index is 1700. The van der Waals surface area contributed by atoms with Crippen LogP contribution in [0.2, 0.25) is 0 Å². The molecule has 0 aliphatic rings. The van der Waals surface area contributed by atoms with Gasteiger partial charge in [0, 0.05) is 0 Å². The highest BCUT2D eigenvalue weighted by atomic mass is 19.5. The van der Waals surface area contributed by atoms with Gasteiger partial charge < -0.3 is 0 Å². The second-order valence-corrected chi connectivity index (χ2v) is 10.6. The lowest BCUT2D eigenvalue weighted by Gasteiger charge is -2.39. The average molecular weight is 950 g/mol. The highest BCUT2D eigenvalue weighted by Crippen LogP contribution is 2.65. The molecule has 1 aromatic heterocycles. The van der Waals surface area contributed by atoms with Crippen molar-refractivity contribution >= 4 is 5.91 Å². The molecule has 0 aromatic carbocycles. The molecule has 0 saturated carbocycles. The second-order valence-electron chi connectivity index (χ2n) is 10.6. The van der Waals surface area contributed by atoms with Gasteiger partial charge in [0.25, 0.3) is 0 Å². The molecule has 0 aliphatic heterocycles. The Kier molecular flexibility index (Phi) is 11.7. The summed E-state index contributed by atoms with van der Waals surface area (Å²) in [6.45, 7) is 0. The van der Waals surface area contributed by atoms with Crippen molar-refractivity contribution in [1.29, 1.82) is 0 Å². The number of rotatable bonds is 13. The maximum atomic E-state index is 14.8. The van der Waals surface area contributed by atoms with Crippen molar-refractivity contribution in [3.63, 3.8) is 0 Å². The first-order valence-electron chi connectivity index (χ1n) is 12.3. The van der Waals surface area contributed by atoms with E-state index in [0.29, 0.717) is 5.10 Å². The van der Waals surface area contributed by atoms with Gasteiger partial charge in [-0.15, -0.1) is 0 Å². The zero-order chi connectivity index (χ0) is 47.7. The molecular weight excluding hydrogens is 949 g/mol. The van der Waals surface area contributed by atoms with Gasteiger partial charge in [-0.3, -0.25) is 4.79 Å². The molecule has 0 bridgehead atoms. The largest absolute Gasteiger partial charge is 0.460 e. The molecule has 58 heavy (non-hydrogen) atoms. The van der Waals surface area contributed by atoms with E-state index < -0.39 is 124 Å². The van der Waals surface area contributed by atoms with Crippen LogP contribution in [0, 0.1) is 0 Å². The first-order chi connectivity index (χ1) is 24.5. The summed E-state index contributed by atoms with van der Waals surface area (Å²) in [5, 5.41) is 0.526. The molecule has 3 nitrogen and oxygen atoms in total. The lowest BCUT2D eigenvalue weighted by molar-refractivity contribution is -0.442. The maximum absolute atomic E-state index is 14.8. The van der Waals surface area contributed by atoms with Crippen molar-refractivity contribution in [2.24, 2.45) is 0 Å². The van der Waals surface area contributed by atoms with E-state index in [0.717, 1.165) is 0 Å². The number of aromatic nitrogens is 2. The van der Waals surface area contributed by atoms with E-state index in [1.807, 2.05) is 0 Å². The monoisotopic (exact) mass is 950 g/mol. The first kappa shape index (κ1) is 52.4. The number of alkyl halides is 35. The number of nitrogens with zero attached hydrogens (tertiary/aromatic N) is 2. The molecule has 342 valence electrons. The van der Waals surface area contributed by atoms with Gasteiger partial charge in [-0.25, -0.2) is 0 Å². The zero-order valence-electron chi connectivity index (χ0n) is 24.6. The van der Waals surface area contributed by atoms with Crippen molar-refractivity contribution < 1.29 is 158 Å². The van der Waals surface area contributed by atoms with Gasteiger partial charge in [-0.2, -0.15) is 163 Å². The molecule has 1 rings (SSSR count). The Morgan fingerprint density at radius 3 is 0.862 bits per heavy atom. The van der Waals surface area contributed by atoms with Crippen molar-refractivity contribution in [3.8, 4) is 0 Å². The summed E-state index contributed by atoms with van der Waals surface area (Å²) < 4.78 is 467. The number of hydrogen-bond acceptors (Lipinski definition) is 2. The highest BCUT2D eigenvalue weighted by Gasteiger charge is 2.93. The Morgan fingerprint density at radius 2 is 0.586 bits per heavy atom. The minimum Gasteiger partial charge on any atom is -0.265 e. The van der Waals surface area contributed by atoms with Gasteiger partial charge in [-0.05, 0) is 6.07 Å². The maximum Gasteiger partial charge on any atom is 0.460 e. The third kappa shape index (κ3) is 6.38. The van der Waals surface area contributed by atoms with Crippen LogP contribution in [-0.4, -0.2) is 99.4 Å². The molecule has 0 N–H and O–H groups in total. The topological polar surface area (TPSA) is 34.9 Å². The number of halogens is 35. The third-order valence-corrected chi connectivity index (χ3v) is 6.83. The lowest BCUT2D eigenvalue weighted by atomic mass is 9.91. The van der Waals surface area contributed by atoms with Crippen molar-refractivity contribution in [3.05, 3.63) is 17.5 Å². The normalized spacial score (nSPS) is 16.6. The summed E-state index contributed by atoms with van der Waals surface area (Å²) in [6, 6.07) is -3.05. The summed E-state index contributed by atoms with van der Waals surface area (Å²) in [5.74, 6) is -123. The van der Waals surface area contributed by atoms with Crippen LogP contribution in [0.5, 0.6) is 0 Å². The minimum absolute atomic E-state index is 0.526. The predicted octanol–water partition coefficient (Wildman–Crippen LogP) is 11.4. The number of carbonyl (C=O) groups is 1. The van der Waals surface area contributed by atoms with Crippen LogP contribution in [0.4, 0.5) is 154 Å². The van der Waals surface area contributed by atoms with Gasteiger partial charge >= 0.3 is 101 Å². The zero-order valence-corrected chi connectivity index (χ0v) is 24.6. The highest BCUT2D eigenvalue weighted by molar-refractivity contribution is 5.87. The Balaban J connectivity index is 4.61. The fourth-order valence-electron chi connectivity index (χ4n) is 3.42. The van der Waals surface area contributed by atoms with E-state index >= 15 is 0 Å². The van der Waals surface area contributed by atoms with Crippen LogP contribution in [0.1, 0.15) is 16.2 Å². The second kappa shape index (κ2) is 13.0. The molecule has 0 amide bonds. The first-order valence-corrected chi connectivity index (χ1v) is 12.3. The van der Waals surface area contributed by atoms with Gasteiger partial charge in [0.2, 0.25) is 0 Å². The van der Waals surface area contributed by atoms with Gasteiger partial charge in [0.1, 0.15) is 11.4 Å². The van der Waals surface area contributed by atoms with Crippen LogP contribution < -0.4 is 0 Å². The quantitative estimate of drug-likeness (QED) is 0.185. The predicted molar refractivity (Wildman–Crippen MR) is 103 cm³/mol. The molecule has 1 aromatic rings. The lowest BCUT2D eigenvalue weighted by Crippen LogP contribution is -2.69. The number of hydrogen-bond donors (Lipinski definition) is 0. The Hall–Kier alpha value is -3.57. The Morgan fingerprint density at radius 1 is 0.345 bits per heavy atom. The summed E-state index contributed by atoms with van der Waals surface area (Å²) in [6.07, 6.45) is -24.9. The molecule has 0 unspecified atom stereocenters. The van der Waals surface area contributed by atoms with Crippen molar-refractivity contribution in [2.75, 3.05) is 0 Å². The van der Waals surface area contributed by atoms with Gasteiger partial charge in [-0.1, -0.05) is 0 Å². The molecule has 1 heterocycles. The smallest absolute Gasteiger partial charge is 0.265 e. The minimum atomic E-state index is -9.42. The molecule has 0 atom stereocenters. The average Bonchev–Trinajstić information content (AvgIpc) is 3.45. The fraction of sp³-hybridized carbons (Fsp3) is 0.800. The molecule has 0 radical (unpaired) electrons. The summed E-state index contributed by atoms with van der Waals surface area (Å²) in [4.78, 5) is 11.9. The van der Waals surface area contributed by atoms with Gasteiger partial charge in [0.15, 0.2) is 0 Å². The standard InChI is InChI=1S/C20HF35N2O/c21-5(22,8(27,28)11(33,34)13(37,38)16(43,44)19(50,51)52)2-1-3(57(56-2)4(58)7(25,26)10(31,32)15(41,42)18(47,48)49)6(23,24)9(29,30)12(35,36)14(39,40)17(45,46)20(53,54)55/h1H. The van der Waals surface area contributed by atoms with Crippen molar-refractivity contribution in [1.82, 2.24) is 9.78 Å². The molecule has 0 aliphatic carbocycles. The summed E-state index contributed by atoms with van der Waals surface area (Å²) in [7, 11) is 0. The molecular formula is C20HF35N2O. The van der Waals surface area contributed by atoms with Crippen LogP contribution in [-0.2, 0) is 11.8 Å². The van der Waals surface area contributed by atoms with E-state index in [1.165, 1.54) is 0 Å². The molecule has 0 spiro atoms. The van der Waals surface area contributed by atoms with Crippen molar-refractivity contribution in [2.45, 2.75) is 95.5 Å². The van der Waals surface area contributed by atoms with Crippen LogP contribution in [0.15, 0.2) is 6.07 Å². The van der Waals surface area contributed by atoms with E-state index in [2.05, 4.69) is 0 Å². The van der Waals surface area contributed by atoms with Crippen LogP contribution in [0.3, 0.4) is 0 Å². The van der Waals surface area contributed by atoms with E-state index in [1.54, 1.807) is 0 Å². The molecule has 38 heteroatoms. The van der Waals surface area contributed by atoms with Crippen LogP contribution in [0.25, 0.3) is 0 Å². The van der Waals surface area contributed by atoms with Gasteiger partial charge in [0.05, 0.1) is 0 Å². The van der Waals surface area contributed by atoms with E-state index in [4.69, 9.17) is 0 Å². The summed E-state index contributed by atoms with van der Waals surface area (Å²) in [5.41, 5.74) is -10.3. The van der Waals surface area contributed by atoms with E-state index in [9.17, 15) is 158 Å². The third-order valence-electron chi connectivity index (χ3n) is 6.83. The van der Waals surface area contributed by atoms with E-state index in [-0.39, 0.29) is 0 Å².